The van der Waals surface area contributed by atoms with Crippen LogP contribution in [0.5, 0.6) is 0 Å². The summed E-state index contributed by atoms with van der Waals surface area (Å²) in [4.78, 5) is 0. The van der Waals surface area contributed by atoms with Gasteiger partial charge in [0.15, 0.2) is 0 Å². The molecule has 2 unspecified atom stereocenters. The summed E-state index contributed by atoms with van der Waals surface area (Å²) in [6.07, 6.45) is 3.01. The van der Waals surface area contributed by atoms with Crippen LogP contribution in [-0.4, -0.2) is 17.3 Å². The van der Waals surface area contributed by atoms with Crippen LogP contribution in [0.2, 0.25) is 0 Å². The molecule has 2 rings (SSSR count). The van der Waals surface area contributed by atoms with Crippen molar-refractivity contribution in [3.05, 3.63) is 35.4 Å². The number of aryl methyl sites for hydroxylation is 1. The van der Waals surface area contributed by atoms with Gasteiger partial charge in [-0.3, -0.25) is 0 Å². The molecule has 0 saturated heterocycles. The molecule has 1 aliphatic rings. The molecule has 2 heteroatoms. The van der Waals surface area contributed by atoms with Crippen molar-refractivity contribution in [3.63, 3.8) is 0 Å². The fourth-order valence-corrected chi connectivity index (χ4v) is 2.62. The maximum atomic E-state index is 9.79. The minimum atomic E-state index is -0.161. The summed E-state index contributed by atoms with van der Waals surface area (Å²) < 4.78 is 0. The average molecular weight is 219 g/mol. The molecular formula is C14H21NO. The van der Waals surface area contributed by atoms with Gasteiger partial charge in [0.05, 0.1) is 6.10 Å². The third-order valence-electron chi connectivity index (χ3n) is 3.60. The number of hydrogen-bond donors (Lipinski definition) is 2. The van der Waals surface area contributed by atoms with Crippen LogP contribution in [0.1, 0.15) is 43.4 Å². The Hall–Kier alpha value is -0.860. The second-order valence-electron chi connectivity index (χ2n) is 4.85. The predicted molar refractivity (Wildman–Crippen MR) is 66.4 cm³/mol. The molecule has 0 amide bonds. The Morgan fingerprint density at radius 1 is 1.31 bits per heavy atom. The Morgan fingerprint density at radius 2 is 2.06 bits per heavy atom. The van der Waals surface area contributed by atoms with E-state index in [0.29, 0.717) is 6.04 Å². The van der Waals surface area contributed by atoms with Gasteiger partial charge < -0.3 is 10.4 Å². The van der Waals surface area contributed by atoms with Crippen molar-refractivity contribution < 1.29 is 5.11 Å². The lowest BCUT2D eigenvalue weighted by atomic mass is 10.0. The first-order chi connectivity index (χ1) is 7.68. The summed E-state index contributed by atoms with van der Waals surface area (Å²) in [6, 6.07) is 9.03. The van der Waals surface area contributed by atoms with E-state index in [9.17, 15) is 5.11 Å². The summed E-state index contributed by atoms with van der Waals surface area (Å²) >= 11 is 0. The zero-order chi connectivity index (χ0) is 11.5. The van der Waals surface area contributed by atoms with Crippen LogP contribution in [0.25, 0.3) is 0 Å². The van der Waals surface area contributed by atoms with Crippen LogP contribution < -0.4 is 5.32 Å². The van der Waals surface area contributed by atoms with Crippen molar-refractivity contribution in [1.82, 2.24) is 5.32 Å². The van der Waals surface area contributed by atoms with Crippen molar-refractivity contribution in [1.29, 1.82) is 0 Å². The van der Waals surface area contributed by atoms with Gasteiger partial charge in [-0.05, 0) is 44.2 Å². The highest BCUT2D eigenvalue weighted by molar-refractivity contribution is 5.28. The Balaban J connectivity index is 2.03. The second-order valence-corrected chi connectivity index (χ2v) is 4.85. The van der Waals surface area contributed by atoms with Crippen LogP contribution >= 0.6 is 0 Å². The zero-order valence-electron chi connectivity index (χ0n) is 10.1. The van der Waals surface area contributed by atoms with Crippen LogP contribution in [0, 0.1) is 6.92 Å². The van der Waals surface area contributed by atoms with Gasteiger partial charge in [-0.1, -0.05) is 24.3 Å². The highest BCUT2D eigenvalue weighted by Gasteiger charge is 2.26. The molecule has 0 aromatic heterocycles. The number of hydrogen-bond acceptors (Lipinski definition) is 2. The molecule has 16 heavy (non-hydrogen) atoms. The fourth-order valence-electron chi connectivity index (χ4n) is 2.62. The first-order valence-electron chi connectivity index (χ1n) is 6.18. The standard InChI is InChI=1S/C14H21NO/c1-10-6-3-4-7-12(10)11(2)15-13-8-5-9-14(13)16/h3-4,6-7,11,13-16H,5,8-9H2,1-2H3/t11-,13?,14?/m1/s1. The number of rotatable bonds is 3. The van der Waals surface area contributed by atoms with Crippen molar-refractivity contribution in [2.24, 2.45) is 0 Å². The quantitative estimate of drug-likeness (QED) is 0.819. The largest absolute Gasteiger partial charge is 0.392 e. The predicted octanol–water partition coefficient (Wildman–Crippen LogP) is 2.56. The second kappa shape index (κ2) is 4.98. The molecule has 0 spiro atoms. The highest BCUT2D eigenvalue weighted by atomic mass is 16.3. The van der Waals surface area contributed by atoms with Crippen molar-refractivity contribution in [2.75, 3.05) is 0 Å². The average Bonchev–Trinajstić information content (AvgIpc) is 2.65. The van der Waals surface area contributed by atoms with Gasteiger partial charge in [0.1, 0.15) is 0 Å². The highest BCUT2D eigenvalue weighted by Crippen LogP contribution is 2.23. The topological polar surface area (TPSA) is 32.3 Å². The minimum absolute atomic E-state index is 0.161. The van der Waals surface area contributed by atoms with E-state index in [1.807, 2.05) is 0 Å². The van der Waals surface area contributed by atoms with Gasteiger partial charge >= 0.3 is 0 Å². The van der Waals surface area contributed by atoms with Crippen molar-refractivity contribution in [2.45, 2.75) is 51.3 Å². The van der Waals surface area contributed by atoms with Crippen LogP contribution in [0.3, 0.4) is 0 Å². The van der Waals surface area contributed by atoms with E-state index in [-0.39, 0.29) is 12.1 Å². The van der Waals surface area contributed by atoms with Gasteiger partial charge in [0.25, 0.3) is 0 Å². The SMILES string of the molecule is Cc1ccccc1[C@@H](C)NC1CCCC1O. The summed E-state index contributed by atoms with van der Waals surface area (Å²) in [6.45, 7) is 4.31. The monoisotopic (exact) mass is 219 g/mol. The lowest BCUT2D eigenvalue weighted by molar-refractivity contribution is 0.144. The molecule has 0 radical (unpaired) electrons. The number of aliphatic hydroxyl groups is 1. The van der Waals surface area contributed by atoms with Gasteiger partial charge in [-0.25, -0.2) is 0 Å². The maximum absolute atomic E-state index is 9.79. The first-order valence-corrected chi connectivity index (χ1v) is 6.18. The van der Waals surface area contributed by atoms with E-state index < -0.39 is 0 Å². The van der Waals surface area contributed by atoms with Crippen LogP contribution in [0.4, 0.5) is 0 Å². The molecule has 0 heterocycles. The van der Waals surface area contributed by atoms with E-state index in [0.717, 1.165) is 19.3 Å². The first kappa shape index (κ1) is 11.6. The van der Waals surface area contributed by atoms with Crippen LogP contribution in [-0.2, 0) is 0 Å². The molecule has 2 nitrogen and oxygen atoms in total. The molecule has 1 fully saturated rings. The number of nitrogens with one attached hydrogen (secondary N) is 1. The molecule has 0 bridgehead atoms. The van der Waals surface area contributed by atoms with E-state index in [1.165, 1.54) is 11.1 Å². The van der Waals surface area contributed by atoms with Gasteiger partial charge in [-0.15, -0.1) is 0 Å². The fraction of sp³-hybridized carbons (Fsp3) is 0.571. The molecule has 0 aliphatic heterocycles. The smallest absolute Gasteiger partial charge is 0.0693 e. The van der Waals surface area contributed by atoms with Crippen molar-refractivity contribution >= 4 is 0 Å². The Morgan fingerprint density at radius 3 is 2.69 bits per heavy atom. The Labute approximate surface area is 97.7 Å². The van der Waals surface area contributed by atoms with E-state index in [1.54, 1.807) is 0 Å². The summed E-state index contributed by atoms with van der Waals surface area (Å²) in [7, 11) is 0. The minimum Gasteiger partial charge on any atom is -0.392 e. The molecule has 1 aliphatic carbocycles. The molecule has 1 saturated carbocycles. The number of benzene rings is 1. The lowest BCUT2D eigenvalue weighted by Gasteiger charge is -2.23. The van der Waals surface area contributed by atoms with Gasteiger partial charge in [0, 0.05) is 12.1 Å². The van der Waals surface area contributed by atoms with Gasteiger partial charge in [-0.2, -0.15) is 0 Å². The third kappa shape index (κ3) is 2.45. The number of aliphatic hydroxyl groups excluding tert-OH is 1. The molecule has 2 N–H and O–H groups in total. The summed E-state index contributed by atoms with van der Waals surface area (Å²) in [5, 5.41) is 13.3. The van der Waals surface area contributed by atoms with Crippen LogP contribution in [0.15, 0.2) is 24.3 Å². The Bertz CT molecular complexity index is 350. The maximum Gasteiger partial charge on any atom is 0.0693 e. The van der Waals surface area contributed by atoms with E-state index in [4.69, 9.17) is 0 Å². The molecule has 88 valence electrons. The molecule has 1 aromatic rings. The molecule has 1 aromatic carbocycles. The van der Waals surface area contributed by atoms with Gasteiger partial charge in [0.2, 0.25) is 0 Å². The zero-order valence-corrected chi connectivity index (χ0v) is 10.1. The lowest BCUT2D eigenvalue weighted by Crippen LogP contribution is -2.37. The third-order valence-corrected chi connectivity index (χ3v) is 3.60. The van der Waals surface area contributed by atoms with E-state index in [2.05, 4.69) is 43.4 Å². The van der Waals surface area contributed by atoms with Crippen molar-refractivity contribution in [3.8, 4) is 0 Å². The van der Waals surface area contributed by atoms with E-state index >= 15 is 0 Å². The summed E-state index contributed by atoms with van der Waals surface area (Å²) in [5.74, 6) is 0. The summed E-state index contributed by atoms with van der Waals surface area (Å²) in [5.41, 5.74) is 2.65. The Kier molecular flexibility index (Phi) is 3.62. The molecular weight excluding hydrogens is 198 g/mol. The molecule has 3 atom stereocenters. The normalized spacial score (nSPS) is 26.9.